The molecule has 0 heterocycles. The molecule has 0 saturated heterocycles. The summed E-state index contributed by atoms with van der Waals surface area (Å²) in [6.45, 7) is 8.19. The Morgan fingerprint density at radius 1 is 0.929 bits per heavy atom. The molecule has 2 rings (SSSR count). The summed E-state index contributed by atoms with van der Waals surface area (Å²) in [6.07, 6.45) is 0. The van der Waals surface area contributed by atoms with Crippen molar-refractivity contribution in [1.82, 2.24) is 5.32 Å². The van der Waals surface area contributed by atoms with Gasteiger partial charge < -0.3 is 14.8 Å². The first-order valence-electron chi connectivity index (χ1n) is 9.52. The first-order valence-corrected chi connectivity index (χ1v) is 9.52. The molecule has 0 unspecified atom stereocenters. The van der Waals surface area contributed by atoms with E-state index in [2.05, 4.69) is 19.2 Å². The van der Waals surface area contributed by atoms with Crippen molar-refractivity contribution < 1.29 is 19.1 Å². The van der Waals surface area contributed by atoms with Crippen LogP contribution in [0.4, 0.5) is 0 Å². The maximum Gasteiger partial charge on any atom is 0.329 e. The van der Waals surface area contributed by atoms with E-state index in [-0.39, 0.29) is 18.4 Å². The van der Waals surface area contributed by atoms with Crippen LogP contribution in [0.1, 0.15) is 55.1 Å². The Labute approximate surface area is 167 Å². The van der Waals surface area contributed by atoms with Gasteiger partial charge in [-0.05, 0) is 47.2 Å². The second-order valence-corrected chi connectivity index (χ2v) is 7.43. The lowest BCUT2D eigenvalue weighted by Gasteiger charge is -2.21. The minimum absolute atomic E-state index is 0.0991. The molecule has 0 aromatic heterocycles. The molecular formula is C23H29NO4. The van der Waals surface area contributed by atoms with Gasteiger partial charge in [0.05, 0.1) is 7.11 Å². The second-order valence-electron chi connectivity index (χ2n) is 7.43. The molecule has 2 aromatic carbocycles. The van der Waals surface area contributed by atoms with Gasteiger partial charge in [-0.2, -0.15) is 0 Å². The molecule has 5 heteroatoms. The molecule has 0 radical (unpaired) electrons. The predicted molar refractivity (Wildman–Crippen MR) is 109 cm³/mol. The largest absolute Gasteiger partial charge is 0.497 e. The monoisotopic (exact) mass is 383 g/mol. The van der Waals surface area contributed by atoms with Crippen molar-refractivity contribution >= 4 is 11.9 Å². The number of carbonyl (C=O) groups is 2. The highest BCUT2D eigenvalue weighted by Crippen LogP contribution is 2.16. The van der Waals surface area contributed by atoms with Gasteiger partial charge in [0.15, 0.2) is 0 Å². The Morgan fingerprint density at radius 3 is 2.04 bits per heavy atom. The fraction of sp³-hybridized carbons (Fsp3) is 0.391. The molecule has 0 spiro atoms. The molecule has 1 amide bonds. The topological polar surface area (TPSA) is 64.6 Å². The molecule has 0 bridgehead atoms. The quantitative estimate of drug-likeness (QED) is 0.690. The summed E-state index contributed by atoms with van der Waals surface area (Å²) in [5.74, 6) is 0.261. The van der Waals surface area contributed by atoms with E-state index in [1.54, 1.807) is 31.4 Å². The SMILES string of the molecule is COc1ccc(C(=O)N[C@H](C(=O)OCc2ccc(C(C)C)cc2)C(C)C)cc1. The van der Waals surface area contributed by atoms with Gasteiger partial charge in [0.25, 0.3) is 5.91 Å². The minimum Gasteiger partial charge on any atom is -0.497 e. The van der Waals surface area contributed by atoms with Gasteiger partial charge >= 0.3 is 5.97 Å². The maximum absolute atomic E-state index is 12.5. The first-order chi connectivity index (χ1) is 13.3. The fourth-order valence-electron chi connectivity index (χ4n) is 2.71. The molecule has 1 N–H and O–H groups in total. The van der Waals surface area contributed by atoms with Crippen LogP contribution in [-0.2, 0) is 16.1 Å². The number of methoxy groups -OCH3 is 1. The summed E-state index contributed by atoms with van der Waals surface area (Å²) in [5, 5.41) is 2.78. The first kappa shape index (κ1) is 21.5. The van der Waals surface area contributed by atoms with E-state index in [1.165, 1.54) is 5.56 Å². The third-order valence-electron chi connectivity index (χ3n) is 4.59. The molecule has 0 aliphatic heterocycles. The van der Waals surface area contributed by atoms with Crippen LogP contribution in [0.3, 0.4) is 0 Å². The Morgan fingerprint density at radius 2 is 1.54 bits per heavy atom. The van der Waals surface area contributed by atoms with E-state index in [4.69, 9.17) is 9.47 Å². The summed E-state index contributed by atoms with van der Waals surface area (Å²) in [5.41, 5.74) is 2.62. The highest BCUT2D eigenvalue weighted by molar-refractivity contribution is 5.96. The molecular weight excluding hydrogens is 354 g/mol. The highest BCUT2D eigenvalue weighted by Gasteiger charge is 2.26. The Balaban J connectivity index is 1.97. The van der Waals surface area contributed by atoms with Crippen LogP contribution in [0.25, 0.3) is 0 Å². The third kappa shape index (κ3) is 5.84. The van der Waals surface area contributed by atoms with Crippen molar-refractivity contribution in [1.29, 1.82) is 0 Å². The molecule has 1 atom stereocenters. The van der Waals surface area contributed by atoms with Crippen molar-refractivity contribution in [3.8, 4) is 5.75 Å². The van der Waals surface area contributed by atoms with E-state index in [9.17, 15) is 9.59 Å². The zero-order valence-corrected chi connectivity index (χ0v) is 17.2. The van der Waals surface area contributed by atoms with Crippen molar-refractivity contribution in [2.45, 2.75) is 46.3 Å². The average Bonchev–Trinajstić information content (AvgIpc) is 2.70. The lowest BCUT2D eigenvalue weighted by Crippen LogP contribution is -2.45. The van der Waals surface area contributed by atoms with Crippen molar-refractivity contribution in [2.75, 3.05) is 7.11 Å². The Hall–Kier alpha value is -2.82. The molecule has 28 heavy (non-hydrogen) atoms. The molecule has 0 saturated carbocycles. The molecule has 0 aliphatic carbocycles. The van der Waals surface area contributed by atoms with Crippen LogP contribution in [0.2, 0.25) is 0 Å². The van der Waals surface area contributed by atoms with Crippen LogP contribution in [0, 0.1) is 5.92 Å². The zero-order chi connectivity index (χ0) is 20.7. The van der Waals surface area contributed by atoms with Gasteiger partial charge in [-0.3, -0.25) is 4.79 Å². The van der Waals surface area contributed by atoms with Gasteiger partial charge in [0.2, 0.25) is 0 Å². The molecule has 0 aliphatic rings. The van der Waals surface area contributed by atoms with E-state index < -0.39 is 12.0 Å². The predicted octanol–water partition coefficient (Wildman–Crippen LogP) is 4.32. The highest BCUT2D eigenvalue weighted by atomic mass is 16.5. The summed E-state index contributed by atoms with van der Waals surface area (Å²) in [4.78, 5) is 25.0. The Bertz CT molecular complexity index is 779. The van der Waals surface area contributed by atoms with Crippen molar-refractivity contribution in [3.63, 3.8) is 0 Å². The number of benzene rings is 2. The average molecular weight is 383 g/mol. The zero-order valence-electron chi connectivity index (χ0n) is 17.2. The smallest absolute Gasteiger partial charge is 0.329 e. The summed E-state index contributed by atoms with van der Waals surface area (Å²) in [7, 11) is 1.57. The fourth-order valence-corrected chi connectivity index (χ4v) is 2.71. The second kappa shape index (κ2) is 9.93. The lowest BCUT2D eigenvalue weighted by molar-refractivity contribution is -0.148. The van der Waals surface area contributed by atoms with Crippen LogP contribution in [0.5, 0.6) is 5.75 Å². The number of hydrogen-bond donors (Lipinski definition) is 1. The van der Waals surface area contributed by atoms with Gasteiger partial charge in [-0.25, -0.2) is 4.79 Å². The van der Waals surface area contributed by atoms with Gasteiger partial charge in [-0.15, -0.1) is 0 Å². The number of nitrogens with one attached hydrogen (secondary N) is 1. The lowest BCUT2D eigenvalue weighted by atomic mass is 10.0. The third-order valence-corrected chi connectivity index (χ3v) is 4.59. The maximum atomic E-state index is 12.5. The van der Waals surface area contributed by atoms with Crippen molar-refractivity contribution in [3.05, 3.63) is 65.2 Å². The van der Waals surface area contributed by atoms with Crippen LogP contribution in [0.15, 0.2) is 48.5 Å². The number of rotatable bonds is 8. The van der Waals surface area contributed by atoms with Gasteiger partial charge in [-0.1, -0.05) is 52.0 Å². The number of ether oxygens (including phenoxy) is 2. The van der Waals surface area contributed by atoms with Crippen molar-refractivity contribution in [2.24, 2.45) is 5.92 Å². The number of hydrogen-bond acceptors (Lipinski definition) is 4. The van der Waals surface area contributed by atoms with Gasteiger partial charge in [0, 0.05) is 5.56 Å². The van der Waals surface area contributed by atoms with E-state index in [1.807, 2.05) is 38.1 Å². The van der Waals surface area contributed by atoms with Crippen LogP contribution in [-0.4, -0.2) is 25.0 Å². The number of carbonyl (C=O) groups excluding carboxylic acids is 2. The Kier molecular flexibility index (Phi) is 7.61. The normalized spacial score (nSPS) is 12.0. The molecule has 2 aromatic rings. The number of esters is 1. The molecule has 0 fully saturated rings. The van der Waals surface area contributed by atoms with Crippen LogP contribution < -0.4 is 10.1 Å². The molecule has 150 valence electrons. The minimum atomic E-state index is -0.718. The van der Waals surface area contributed by atoms with E-state index >= 15 is 0 Å². The number of amides is 1. The summed E-state index contributed by atoms with van der Waals surface area (Å²) >= 11 is 0. The van der Waals surface area contributed by atoms with E-state index in [0.717, 1.165) is 5.56 Å². The standard InChI is InChI=1S/C23H29NO4/c1-15(2)18-8-6-17(7-9-18)14-28-23(26)21(16(3)4)24-22(25)19-10-12-20(27-5)13-11-19/h6-13,15-16,21H,14H2,1-5H3,(H,24,25)/t21-/m0/s1. The molecule has 5 nitrogen and oxygen atoms in total. The summed E-state index contributed by atoms with van der Waals surface area (Å²) < 4.78 is 10.5. The summed E-state index contributed by atoms with van der Waals surface area (Å²) in [6, 6.07) is 14.0. The van der Waals surface area contributed by atoms with E-state index in [0.29, 0.717) is 17.2 Å². The van der Waals surface area contributed by atoms with Crippen LogP contribution >= 0.6 is 0 Å². The van der Waals surface area contributed by atoms with Gasteiger partial charge in [0.1, 0.15) is 18.4 Å².